The molecule has 0 fully saturated rings. The molecule has 1 N–H and O–H groups in total. The maximum absolute atomic E-state index is 12.4. The lowest BCUT2D eigenvalue weighted by Gasteiger charge is -2.14. The molecule has 1 unspecified atom stereocenters. The van der Waals surface area contributed by atoms with Gasteiger partial charge in [-0.25, -0.2) is 0 Å². The van der Waals surface area contributed by atoms with Gasteiger partial charge in [0.25, 0.3) is 0 Å². The summed E-state index contributed by atoms with van der Waals surface area (Å²) in [7, 11) is 0. The highest BCUT2D eigenvalue weighted by Crippen LogP contribution is 2.22. The van der Waals surface area contributed by atoms with Gasteiger partial charge in [-0.1, -0.05) is 49.0 Å². The van der Waals surface area contributed by atoms with Gasteiger partial charge in [0.15, 0.2) is 5.16 Å². The second-order valence-electron chi connectivity index (χ2n) is 6.28. The van der Waals surface area contributed by atoms with E-state index in [1.165, 1.54) is 17.3 Å². The molecule has 3 aromatic rings. The van der Waals surface area contributed by atoms with Gasteiger partial charge in [-0.15, -0.1) is 10.2 Å². The SMILES string of the molecule is CCc1ccccc1-n1cnnc1SCC(=O)NC(C)c1ccc(C#N)cc1. The lowest BCUT2D eigenvalue weighted by Crippen LogP contribution is -2.28. The summed E-state index contributed by atoms with van der Waals surface area (Å²) < 4.78 is 1.92. The number of thioether (sulfide) groups is 1. The minimum atomic E-state index is -0.139. The summed E-state index contributed by atoms with van der Waals surface area (Å²) in [6.07, 6.45) is 2.58. The Balaban J connectivity index is 1.62. The Morgan fingerprint density at radius 3 is 2.71 bits per heavy atom. The third-order valence-electron chi connectivity index (χ3n) is 4.40. The van der Waals surface area contributed by atoms with Crippen LogP contribution in [0.3, 0.4) is 0 Å². The first-order chi connectivity index (χ1) is 13.6. The largest absolute Gasteiger partial charge is 0.349 e. The Labute approximate surface area is 168 Å². The molecule has 142 valence electrons. The zero-order valence-corrected chi connectivity index (χ0v) is 16.6. The molecule has 0 saturated carbocycles. The van der Waals surface area contributed by atoms with Crippen LogP contribution in [0.4, 0.5) is 0 Å². The summed E-state index contributed by atoms with van der Waals surface area (Å²) in [5, 5.41) is 20.7. The number of carbonyl (C=O) groups is 1. The summed E-state index contributed by atoms with van der Waals surface area (Å²) in [6.45, 7) is 4.03. The third-order valence-corrected chi connectivity index (χ3v) is 5.34. The Morgan fingerprint density at radius 1 is 1.25 bits per heavy atom. The van der Waals surface area contributed by atoms with E-state index in [9.17, 15) is 4.79 Å². The van der Waals surface area contributed by atoms with Crippen LogP contribution < -0.4 is 5.32 Å². The highest BCUT2D eigenvalue weighted by molar-refractivity contribution is 7.99. The number of amides is 1. The molecule has 0 spiro atoms. The Hall–Kier alpha value is -3.11. The van der Waals surface area contributed by atoms with Gasteiger partial charge in [0.2, 0.25) is 5.91 Å². The first-order valence-corrected chi connectivity index (χ1v) is 10.0. The first kappa shape index (κ1) is 19.6. The molecule has 2 aromatic carbocycles. The number of carbonyl (C=O) groups excluding carboxylic acids is 1. The van der Waals surface area contributed by atoms with Crippen LogP contribution in [-0.2, 0) is 11.2 Å². The van der Waals surface area contributed by atoms with E-state index >= 15 is 0 Å². The average Bonchev–Trinajstić information content (AvgIpc) is 3.20. The Kier molecular flexibility index (Phi) is 6.45. The fraction of sp³-hybridized carbons (Fsp3) is 0.238. The number of rotatable bonds is 7. The highest BCUT2D eigenvalue weighted by atomic mass is 32.2. The lowest BCUT2D eigenvalue weighted by molar-refractivity contribution is -0.119. The summed E-state index contributed by atoms with van der Waals surface area (Å²) >= 11 is 1.35. The average molecular weight is 392 g/mol. The Bertz CT molecular complexity index is 991. The van der Waals surface area contributed by atoms with Crippen molar-refractivity contribution >= 4 is 17.7 Å². The molecule has 0 aliphatic carbocycles. The van der Waals surface area contributed by atoms with Crippen LogP contribution in [0.5, 0.6) is 0 Å². The minimum absolute atomic E-state index is 0.0832. The number of nitriles is 1. The van der Waals surface area contributed by atoms with Crippen LogP contribution in [0.25, 0.3) is 5.69 Å². The molecule has 1 amide bonds. The summed E-state index contributed by atoms with van der Waals surface area (Å²) in [4.78, 5) is 12.4. The van der Waals surface area contributed by atoms with E-state index in [-0.39, 0.29) is 17.7 Å². The summed E-state index contributed by atoms with van der Waals surface area (Å²) in [5.74, 6) is 0.160. The van der Waals surface area contributed by atoms with E-state index < -0.39 is 0 Å². The lowest BCUT2D eigenvalue weighted by atomic mass is 10.1. The second kappa shape index (κ2) is 9.20. The van der Waals surface area contributed by atoms with E-state index in [2.05, 4.69) is 34.6 Å². The Morgan fingerprint density at radius 2 is 2.00 bits per heavy atom. The highest BCUT2D eigenvalue weighted by Gasteiger charge is 2.14. The fourth-order valence-corrected chi connectivity index (χ4v) is 3.61. The minimum Gasteiger partial charge on any atom is -0.349 e. The van der Waals surface area contributed by atoms with Crippen molar-refractivity contribution in [2.45, 2.75) is 31.5 Å². The number of nitrogens with one attached hydrogen (secondary N) is 1. The zero-order chi connectivity index (χ0) is 19.9. The standard InChI is InChI=1S/C21H21N5OS/c1-3-17-6-4-5-7-19(17)26-14-23-25-21(26)28-13-20(27)24-15(2)18-10-8-16(12-22)9-11-18/h4-11,14-15H,3,13H2,1-2H3,(H,24,27). The van der Waals surface area contributed by atoms with Gasteiger partial charge in [-0.05, 0) is 42.7 Å². The molecule has 1 atom stereocenters. The predicted octanol–water partition coefficient (Wildman–Crippen LogP) is 3.67. The quantitative estimate of drug-likeness (QED) is 0.621. The predicted molar refractivity (Wildman–Crippen MR) is 109 cm³/mol. The van der Waals surface area contributed by atoms with Crippen molar-refractivity contribution in [1.29, 1.82) is 5.26 Å². The molecule has 28 heavy (non-hydrogen) atoms. The van der Waals surface area contributed by atoms with Crippen molar-refractivity contribution in [3.63, 3.8) is 0 Å². The van der Waals surface area contributed by atoms with Gasteiger partial charge in [0.05, 0.1) is 29.1 Å². The molecule has 1 heterocycles. The molecule has 0 radical (unpaired) electrons. The monoisotopic (exact) mass is 391 g/mol. The fourth-order valence-electron chi connectivity index (χ4n) is 2.88. The maximum Gasteiger partial charge on any atom is 0.230 e. The molecule has 6 nitrogen and oxygen atoms in total. The van der Waals surface area contributed by atoms with Crippen LogP contribution >= 0.6 is 11.8 Å². The number of aromatic nitrogens is 3. The smallest absolute Gasteiger partial charge is 0.230 e. The number of aryl methyl sites for hydroxylation is 1. The third kappa shape index (κ3) is 4.59. The molecule has 7 heteroatoms. The van der Waals surface area contributed by atoms with E-state index in [1.54, 1.807) is 18.5 Å². The summed E-state index contributed by atoms with van der Waals surface area (Å²) in [5.41, 5.74) is 3.79. The van der Waals surface area contributed by atoms with Gasteiger partial charge >= 0.3 is 0 Å². The molecular formula is C21H21N5OS. The number of hydrogen-bond acceptors (Lipinski definition) is 5. The van der Waals surface area contributed by atoms with E-state index in [0.29, 0.717) is 10.7 Å². The van der Waals surface area contributed by atoms with Gasteiger partial charge in [0.1, 0.15) is 6.33 Å². The van der Waals surface area contributed by atoms with Crippen LogP contribution in [0.1, 0.15) is 36.6 Å². The summed E-state index contributed by atoms with van der Waals surface area (Å²) in [6, 6.07) is 17.3. The molecule has 1 aromatic heterocycles. The molecule has 0 aliphatic heterocycles. The van der Waals surface area contributed by atoms with Crippen LogP contribution in [0.15, 0.2) is 60.0 Å². The van der Waals surface area contributed by atoms with Gasteiger partial charge in [-0.3, -0.25) is 9.36 Å². The van der Waals surface area contributed by atoms with E-state index in [1.807, 2.05) is 41.8 Å². The van der Waals surface area contributed by atoms with Gasteiger partial charge < -0.3 is 5.32 Å². The molecule has 0 bridgehead atoms. The second-order valence-corrected chi connectivity index (χ2v) is 7.22. The van der Waals surface area contributed by atoms with E-state index in [0.717, 1.165) is 17.7 Å². The van der Waals surface area contributed by atoms with Crippen molar-refractivity contribution < 1.29 is 4.79 Å². The first-order valence-electron chi connectivity index (χ1n) is 9.03. The van der Waals surface area contributed by atoms with Crippen molar-refractivity contribution in [3.8, 4) is 11.8 Å². The number of benzene rings is 2. The van der Waals surface area contributed by atoms with Crippen molar-refractivity contribution in [3.05, 3.63) is 71.5 Å². The van der Waals surface area contributed by atoms with Crippen molar-refractivity contribution in [2.75, 3.05) is 5.75 Å². The number of para-hydroxylation sites is 1. The molecule has 0 saturated heterocycles. The maximum atomic E-state index is 12.4. The van der Waals surface area contributed by atoms with Crippen molar-refractivity contribution in [2.24, 2.45) is 0 Å². The molecular weight excluding hydrogens is 370 g/mol. The van der Waals surface area contributed by atoms with Crippen molar-refractivity contribution in [1.82, 2.24) is 20.1 Å². The zero-order valence-electron chi connectivity index (χ0n) is 15.8. The normalized spacial score (nSPS) is 11.6. The van der Waals surface area contributed by atoms with Crippen LogP contribution in [0, 0.1) is 11.3 Å². The van der Waals surface area contributed by atoms with Gasteiger partial charge in [-0.2, -0.15) is 5.26 Å². The van der Waals surface area contributed by atoms with Crippen LogP contribution in [0.2, 0.25) is 0 Å². The van der Waals surface area contributed by atoms with Crippen LogP contribution in [-0.4, -0.2) is 26.4 Å². The topological polar surface area (TPSA) is 83.6 Å². The molecule has 0 aliphatic rings. The van der Waals surface area contributed by atoms with E-state index in [4.69, 9.17) is 5.26 Å². The number of nitrogens with zero attached hydrogens (tertiary/aromatic N) is 4. The van der Waals surface area contributed by atoms with Gasteiger partial charge in [0, 0.05) is 0 Å². The molecule has 3 rings (SSSR count). The number of hydrogen-bond donors (Lipinski definition) is 1.